The van der Waals surface area contributed by atoms with E-state index in [-0.39, 0.29) is 10.8 Å². The Labute approximate surface area is 161 Å². The number of benzene rings is 3. The molecule has 0 spiro atoms. The van der Waals surface area contributed by atoms with Crippen molar-refractivity contribution in [2.75, 3.05) is 10.0 Å². The Kier molecular flexibility index (Phi) is 4.54. The van der Waals surface area contributed by atoms with Crippen molar-refractivity contribution in [2.45, 2.75) is 4.90 Å². The van der Waals surface area contributed by atoms with E-state index in [9.17, 15) is 13.2 Å². The van der Waals surface area contributed by atoms with Crippen LogP contribution in [0.4, 0.5) is 11.4 Å². The number of hydrogen-bond donors (Lipinski definition) is 3. The highest BCUT2D eigenvalue weighted by Crippen LogP contribution is 2.20. The summed E-state index contributed by atoms with van der Waals surface area (Å²) < 4.78 is 27.4. The van der Waals surface area contributed by atoms with E-state index in [0.29, 0.717) is 16.9 Å². The van der Waals surface area contributed by atoms with Crippen LogP contribution in [0.3, 0.4) is 0 Å². The van der Waals surface area contributed by atoms with Gasteiger partial charge in [0.25, 0.3) is 15.9 Å². The van der Waals surface area contributed by atoms with Crippen molar-refractivity contribution < 1.29 is 13.2 Å². The smallest absolute Gasteiger partial charge is 0.261 e. The first-order valence-corrected chi connectivity index (χ1v) is 9.92. The standard InChI is InChI=1S/C20H16N4O3S/c25-20(22-16-9-10-19-15(12-16)13-21-23-19)14-5-4-6-17(11-14)24-28(26,27)18-7-2-1-3-8-18/h1-13,24H,(H,21,23)(H,22,25). The molecule has 1 aromatic heterocycles. The first-order chi connectivity index (χ1) is 13.5. The average molecular weight is 392 g/mol. The van der Waals surface area contributed by atoms with Gasteiger partial charge < -0.3 is 5.32 Å². The van der Waals surface area contributed by atoms with E-state index in [1.807, 2.05) is 6.07 Å². The van der Waals surface area contributed by atoms with Crippen molar-refractivity contribution in [3.05, 3.63) is 84.6 Å². The van der Waals surface area contributed by atoms with Gasteiger partial charge in [-0.25, -0.2) is 8.42 Å². The number of anilines is 2. The summed E-state index contributed by atoms with van der Waals surface area (Å²) in [6.45, 7) is 0. The molecule has 3 aromatic carbocycles. The fraction of sp³-hybridized carbons (Fsp3) is 0. The van der Waals surface area contributed by atoms with Crippen LogP contribution in [-0.4, -0.2) is 24.5 Å². The molecule has 0 aliphatic rings. The number of aromatic amines is 1. The number of nitrogens with one attached hydrogen (secondary N) is 3. The highest BCUT2D eigenvalue weighted by molar-refractivity contribution is 7.92. The molecule has 4 aromatic rings. The van der Waals surface area contributed by atoms with Gasteiger partial charge in [0, 0.05) is 22.3 Å². The van der Waals surface area contributed by atoms with Crippen molar-refractivity contribution in [3.63, 3.8) is 0 Å². The maximum atomic E-state index is 12.6. The molecule has 8 heteroatoms. The number of carbonyl (C=O) groups is 1. The number of nitrogens with zero attached hydrogens (tertiary/aromatic N) is 1. The molecule has 0 saturated heterocycles. The predicted octanol–water partition coefficient (Wildman–Crippen LogP) is 3.62. The van der Waals surface area contributed by atoms with Crippen molar-refractivity contribution in [1.82, 2.24) is 10.2 Å². The number of hydrogen-bond acceptors (Lipinski definition) is 4. The van der Waals surface area contributed by atoms with Gasteiger partial charge in [0.1, 0.15) is 0 Å². The highest BCUT2D eigenvalue weighted by Gasteiger charge is 2.15. The molecule has 3 N–H and O–H groups in total. The first-order valence-electron chi connectivity index (χ1n) is 8.44. The molecule has 0 fully saturated rings. The number of rotatable bonds is 5. The largest absolute Gasteiger partial charge is 0.322 e. The normalized spacial score (nSPS) is 11.3. The number of carbonyl (C=O) groups excluding carboxylic acids is 1. The highest BCUT2D eigenvalue weighted by atomic mass is 32.2. The topological polar surface area (TPSA) is 104 Å². The SMILES string of the molecule is O=C(Nc1ccc2[nH]ncc2c1)c1cccc(NS(=O)(=O)c2ccccc2)c1. The molecular formula is C20H16N4O3S. The third-order valence-corrected chi connectivity index (χ3v) is 5.53. The third kappa shape index (κ3) is 3.72. The summed E-state index contributed by atoms with van der Waals surface area (Å²) in [6, 6.07) is 19.8. The van der Waals surface area contributed by atoms with Crippen LogP contribution in [0, 0.1) is 0 Å². The molecule has 0 bridgehead atoms. The van der Waals surface area contributed by atoms with Crippen molar-refractivity contribution in [2.24, 2.45) is 0 Å². The molecule has 140 valence electrons. The zero-order valence-electron chi connectivity index (χ0n) is 14.6. The fourth-order valence-corrected chi connectivity index (χ4v) is 3.83. The Hall–Kier alpha value is -3.65. The lowest BCUT2D eigenvalue weighted by molar-refractivity contribution is 0.102. The molecule has 0 saturated carbocycles. The summed E-state index contributed by atoms with van der Waals surface area (Å²) in [7, 11) is -3.72. The van der Waals surface area contributed by atoms with Gasteiger partial charge in [-0.3, -0.25) is 14.6 Å². The van der Waals surface area contributed by atoms with E-state index in [0.717, 1.165) is 10.9 Å². The number of amides is 1. The summed E-state index contributed by atoms with van der Waals surface area (Å²) in [5.41, 5.74) is 2.13. The van der Waals surface area contributed by atoms with Crippen molar-refractivity contribution >= 4 is 38.2 Å². The second-order valence-corrected chi connectivity index (χ2v) is 7.81. The van der Waals surface area contributed by atoms with Gasteiger partial charge in [-0.2, -0.15) is 5.10 Å². The quantitative estimate of drug-likeness (QED) is 0.482. The molecule has 0 aliphatic carbocycles. The molecule has 0 radical (unpaired) electrons. The Morgan fingerprint density at radius 1 is 0.893 bits per heavy atom. The van der Waals surface area contributed by atoms with E-state index < -0.39 is 10.0 Å². The maximum Gasteiger partial charge on any atom is 0.261 e. The number of H-pyrrole nitrogens is 1. The monoisotopic (exact) mass is 392 g/mol. The van der Waals surface area contributed by atoms with Crippen LogP contribution in [0.2, 0.25) is 0 Å². The van der Waals surface area contributed by atoms with Gasteiger partial charge in [0.2, 0.25) is 0 Å². The molecule has 0 unspecified atom stereocenters. The second kappa shape index (κ2) is 7.16. The summed E-state index contributed by atoms with van der Waals surface area (Å²) in [5, 5.41) is 10.5. The molecule has 7 nitrogen and oxygen atoms in total. The summed E-state index contributed by atoms with van der Waals surface area (Å²) in [6.07, 6.45) is 1.67. The van der Waals surface area contributed by atoms with Gasteiger partial charge in [0.05, 0.1) is 16.6 Å². The zero-order chi connectivity index (χ0) is 19.6. The second-order valence-electron chi connectivity index (χ2n) is 6.13. The van der Waals surface area contributed by atoms with Crippen LogP contribution in [0.25, 0.3) is 10.9 Å². The minimum atomic E-state index is -3.72. The lowest BCUT2D eigenvalue weighted by Crippen LogP contribution is -2.15. The first kappa shape index (κ1) is 17.7. The number of sulfonamides is 1. The van der Waals surface area contributed by atoms with Gasteiger partial charge in [-0.05, 0) is 48.5 Å². The van der Waals surface area contributed by atoms with E-state index in [1.165, 1.54) is 18.2 Å². The molecule has 4 rings (SSSR count). The Morgan fingerprint density at radius 3 is 2.54 bits per heavy atom. The predicted molar refractivity (Wildman–Crippen MR) is 108 cm³/mol. The van der Waals surface area contributed by atoms with Crippen LogP contribution < -0.4 is 10.0 Å². The lowest BCUT2D eigenvalue weighted by atomic mass is 10.2. The Bertz CT molecular complexity index is 1250. The van der Waals surface area contributed by atoms with Gasteiger partial charge in [0.15, 0.2) is 0 Å². The molecule has 1 amide bonds. The molecule has 0 atom stereocenters. The molecule has 1 heterocycles. The minimum Gasteiger partial charge on any atom is -0.322 e. The molecule has 0 aliphatic heterocycles. The van der Waals surface area contributed by atoms with Crippen molar-refractivity contribution in [1.29, 1.82) is 0 Å². The minimum absolute atomic E-state index is 0.151. The number of aromatic nitrogens is 2. The van der Waals surface area contributed by atoms with Crippen LogP contribution in [-0.2, 0) is 10.0 Å². The van der Waals surface area contributed by atoms with E-state index >= 15 is 0 Å². The summed E-state index contributed by atoms with van der Waals surface area (Å²) in [5.74, 6) is -0.344. The molecular weight excluding hydrogens is 376 g/mol. The van der Waals surface area contributed by atoms with Crippen LogP contribution >= 0.6 is 0 Å². The van der Waals surface area contributed by atoms with Crippen LogP contribution in [0.15, 0.2) is 83.9 Å². The Balaban J connectivity index is 1.53. The van der Waals surface area contributed by atoms with Crippen molar-refractivity contribution in [3.8, 4) is 0 Å². The van der Waals surface area contributed by atoms with Crippen LogP contribution in [0.5, 0.6) is 0 Å². The number of fused-ring (bicyclic) bond motifs is 1. The third-order valence-electron chi connectivity index (χ3n) is 4.13. The average Bonchev–Trinajstić information content (AvgIpc) is 3.16. The van der Waals surface area contributed by atoms with E-state index in [2.05, 4.69) is 20.2 Å². The summed E-state index contributed by atoms with van der Waals surface area (Å²) >= 11 is 0. The van der Waals surface area contributed by atoms with E-state index in [1.54, 1.807) is 54.7 Å². The van der Waals surface area contributed by atoms with Gasteiger partial charge in [-0.1, -0.05) is 24.3 Å². The maximum absolute atomic E-state index is 12.6. The zero-order valence-corrected chi connectivity index (χ0v) is 15.4. The fourth-order valence-electron chi connectivity index (χ4n) is 2.76. The van der Waals surface area contributed by atoms with Gasteiger partial charge in [-0.15, -0.1) is 0 Å². The van der Waals surface area contributed by atoms with Crippen LogP contribution in [0.1, 0.15) is 10.4 Å². The van der Waals surface area contributed by atoms with E-state index in [4.69, 9.17) is 0 Å². The van der Waals surface area contributed by atoms with Gasteiger partial charge >= 0.3 is 0 Å². The Morgan fingerprint density at radius 2 is 1.71 bits per heavy atom. The lowest BCUT2D eigenvalue weighted by Gasteiger charge is -2.10. The molecule has 28 heavy (non-hydrogen) atoms. The summed E-state index contributed by atoms with van der Waals surface area (Å²) in [4.78, 5) is 12.7.